The van der Waals surface area contributed by atoms with Crippen LogP contribution in [0.15, 0.2) is 47.3 Å². The number of imide groups is 1. The Balaban J connectivity index is 1.11. The number of hydrogen-bond donors (Lipinski definition) is 2. The third-order valence-electron chi connectivity index (χ3n) is 7.04. The van der Waals surface area contributed by atoms with Crippen LogP contribution in [0.4, 0.5) is 10.5 Å². The smallest absolute Gasteiger partial charge is 0.329 e. The van der Waals surface area contributed by atoms with Crippen molar-refractivity contribution < 1.29 is 19.1 Å². The van der Waals surface area contributed by atoms with E-state index in [4.69, 9.17) is 4.74 Å². The van der Waals surface area contributed by atoms with Gasteiger partial charge in [0.1, 0.15) is 11.8 Å². The van der Waals surface area contributed by atoms with E-state index in [0.29, 0.717) is 36.4 Å². The predicted molar refractivity (Wildman–Crippen MR) is 128 cm³/mol. The molecule has 0 spiro atoms. The van der Waals surface area contributed by atoms with Crippen LogP contribution in [0.1, 0.15) is 24.5 Å². The van der Waals surface area contributed by atoms with Gasteiger partial charge in [-0.25, -0.2) is 9.69 Å². The van der Waals surface area contributed by atoms with E-state index in [1.54, 1.807) is 30.3 Å². The molecule has 184 valence electrons. The molecular formula is C25H29N5O5. The largest absolute Gasteiger partial charge is 0.497 e. The van der Waals surface area contributed by atoms with Crippen LogP contribution in [0, 0.1) is 5.92 Å². The van der Waals surface area contributed by atoms with E-state index >= 15 is 0 Å². The van der Waals surface area contributed by atoms with E-state index in [9.17, 15) is 19.2 Å². The minimum Gasteiger partial charge on any atom is -0.497 e. The number of urea groups is 1. The maximum atomic E-state index is 12.8. The molecule has 0 radical (unpaired) electrons. The molecule has 35 heavy (non-hydrogen) atoms. The third-order valence-corrected chi connectivity index (χ3v) is 7.04. The molecule has 4 amide bonds. The molecule has 0 aliphatic carbocycles. The number of nitrogens with one attached hydrogen (secondary N) is 2. The number of anilines is 1. The number of ether oxygens (including phenoxy) is 1. The molecule has 3 aliphatic rings. The van der Waals surface area contributed by atoms with E-state index in [1.165, 1.54) is 7.11 Å². The summed E-state index contributed by atoms with van der Waals surface area (Å²) >= 11 is 0. The Labute approximate surface area is 202 Å². The number of carbonyl (C=O) groups is 3. The molecule has 0 unspecified atom stereocenters. The zero-order chi connectivity index (χ0) is 24.5. The van der Waals surface area contributed by atoms with Crippen LogP contribution >= 0.6 is 0 Å². The zero-order valence-corrected chi connectivity index (χ0v) is 19.6. The molecule has 2 aromatic rings. The second kappa shape index (κ2) is 9.53. The highest BCUT2D eigenvalue weighted by Gasteiger charge is 2.40. The van der Waals surface area contributed by atoms with Gasteiger partial charge < -0.3 is 24.8 Å². The van der Waals surface area contributed by atoms with E-state index in [1.807, 2.05) is 16.7 Å². The molecule has 1 aromatic carbocycles. The summed E-state index contributed by atoms with van der Waals surface area (Å²) in [6, 6.07) is 10.6. The van der Waals surface area contributed by atoms with Crippen molar-refractivity contribution in [2.45, 2.75) is 31.3 Å². The molecule has 1 aromatic heterocycles. The molecule has 2 bridgehead atoms. The molecule has 3 atom stereocenters. The van der Waals surface area contributed by atoms with Crippen LogP contribution in [0.3, 0.4) is 0 Å². The lowest BCUT2D eigenvalue weighted by atomic mass is 9.83. The van der Waals surface area contributed by atoms with Crippen LogP contribution in [0.5, 0.6) is 5.75 Å². The number of likely N-dealkylation sites (tertiary alicyclic amines) is 1. The molecule has 2 fully saturated rings. The fraction of sp³-hybridized carbons (Fsp3) is 0.440. The molecule has 2 saturated heterocycles. The summed E-state index contributed by atoms with van der Waals surface area (Å²) in [5.74, 6) is 0.629. The van der Waals surface area contributed by atoms with Crippen molar-refractivity contribution in [3.63, 3.8) is 0 Å². The number of benzene rings is 1. The highest BCUT2D eigenvalue weighted by Crippen LogP contribution is 2.34. The van der Waals surface area contributed by atoms with Crippen molar-refractivity contribution in [2.24, 2.45) is 5.92 Å². The first-order valence-electron chi connectivity index (χ1n) is 11.9. The number of amides is 4. The molecule has 2 N–H and O–H groups in total. The Morgan fingerprint density at radius 2 is 1.89 bits per heavy atom. The quantitative estimate of drug-likeness (QED) is 0.571. The third kappa shape index (κ3) is 4.66. The minimum atomic E-state index is -0.895. The lowest BCUT2D eigenvalue weighted by Crippen LogP contribution is -2.49. The van der Waals surface area contributed by atoms with Gasteiger partial charge in [-0.05, 0) is 42.7 Å². The standard InChI is InChI=1S/C25H29N5O5/c1-35-19-7-5-18(6-8-19)30-24(33)20(27-25(30)34)12-22(31)26-9-10-28-13-16-11-17(15-28)21-3-2-4-23(32)29(21)14-16/h2-8,16-17,20H,9-15H2,1H3,(H,26,31)(H,27,34)/t16-,17+,20+/m1/s1. The summed E-state index contributed by atoms with van der Waals surface area (Å²) in [6.45, 7) is 3.63. The number of aromatic nitrogens is 1. The van der Waals surface area contributed by atoms with Gasteiger partial charge in [0.2, 0.25) is 5.91 Å². The summed E-state index contributed by atoms with van der Waals surface area (Å²) in [5, 5.41) is 5.48. The lowest BCUT2D eigenvalue weighted by Gasteiger charge is -2.42. The van der Waals surface area contributed by atoms with Gasteiger partial charge in [0.05, 0.1) is 19.2 Å². The first-order chi connectivity index (χ1) is 16.9. The number of fused-ring (bicyclic) bond motifs is 4. The van der Waals surface area contributed by atoms with Gasteiger partial charge in [-0.2, -0.15) is 0 Å². The van der Waals surface area contributed by atoms with Crippen LogP contribution in [-0.4, -0.2) is 66.6 Å². The van der Waals surface area contributed by atoms with Gasteiger partial charge in [0.15, 0.2) is 0 Å². The van der Waals surface area contributed by atoms with Crippen molar-refractivity contribution in [1.82, 2.24) is 20.1 Å². The van der Waals surface area contributed by atoms with Crippen molar-refractivity contribution in [1.29, 1.82) is 0 Å². The highest BCUT2D eigenvalue weighted by molar-refractivity contribution is 6.22. The van der Waals surface area contributed by atoms with Gasteiger partial charge in [-0.1, -0.05) is 6.07 Å². The van der Waals surface area contributed by atoms with Crippen molar-refractivity contribution in [3.8, 4) is 5.75 Å². The van der Waals surface area contributed by atoms with Crippen molar-refractivity contribution in [2.75, 3.05) is 38.2 Å². The molecule has 10 heteroatoms. The number of pyridine rings is 1. The predicted octanol–water partition coefficient (Wildman–Crippen LogP) is 0.907. The van der Waals surface area contributed by atoms with Gasteiger partial charge in [-0.3, -0.25) is 14.4 Å². The molecule has 4 heterocycles. The number of methoxy groups -OCH3 is 1. The number of nitrogens with zero attached hydrogens (tertiary/aromatic N) is 3. The van der Waals surface area contributed by atoms with Gasteiger partial charge in [0.25, 0.3) is 11.5 Å². The Morgan fingerprint density at radius 3 is 2.66 bits per heavy atom. The normalized spacial score (nSPS) is 23.6. The second-order valence-corrected chi connectivity index (χ2v) is 9.39. The molecule has 5 rings (SSSR count). The topological polar surface area (TPSA) is 113 Å². The maximum Gasteiger partial charge on any atom is 0.329 e. The Kier molecular flexibility index (Phi) is 6.29. The van der Waals surface area contributed by atoms with E-state index < -0.39 is 18.0 Å². The van der Waals surface area contributed by atoms with E-state index in [2.05, 4.69) is 15.5 Å². The summed E-state index contributed by atoms with van der Waals surface area (Å²) in [6.07, 6.45) is 0.971. The van der Waals surface area contributed by atoms with Crippen molar-refractivity contribution >= 4 is 23.5 Å². The Bertz CT molecular complexity index is 1190. The first-order valence-corrected chi connectivity index (χ1v) is 11.9. The SMILES string of the molecule is COc1ccc(N2C(=O)N[C@@H](CC(=O)NCCN3C[C@H]4C[C@@H](C3)c3cccc(=O)n3C4)C2=O)cc1. The Morgan fingerprint density at radius 1 is 1.09 bits per heavy atom. The van der Waals surface area contributed by atoms with Gasteiger partial charge in [-0.15, -0.1) is 0 Å². The first kappa shape index (κ1) is 23.1. The summed E-state index contributed by atoms with van der Waals surface area (Å²) < 4.78 is 7.01. The Hall–Kier alpha value is -3.66. The monoisotopic (exact) mass is 479 g/mol. The summed E-state index contributed by atoms with van der Waals surface area (Å²) in [5.41, 5.74) is 1.59. The number of piperidine rings is 1. The van der Waals surface area contributed by atoms with Crippen molar-refractivity contribution in [3.05, 3.63) is 58.5 Å². The molecule has 10 nitrogen and oxygen atoms in total. The average Bonchev–Trinajstić information content (AvgIpc) is 3.12. The van der Waals surface area contributed by atoms with Crippen LogP contribution in [-0.2, 0) is 16.1 Å². The minimum absolute atomic E-state index is 0.0667. The summed E-state index contributed by atoms with van der Waals surface area (Å²) in [4.78, 5) is 53.2. The van der Waals surface area contributed by atoms with Crippen LogP contribution in [0.25, 0.3) is 0 Å². The fourth-order valence-corrected chi connectivity index (χ4v) is 5.43. The fourth-order valence-electron chi connectivity index (χ4n) is 5.43. The summed E-state index contributed by atoms with van der Waals surface area (Å²) in [7, 11) is 1.54. The number of rotatable bonds is 7. The second-order valence-electron chi connectivity index (χ2n) is 9.39. The average molecular weight is 480 g/mol. The lowest BCUT2D eigenvalue weighted by molar-refractivity contribution is -0.125. The number of hydrogen-bond acceptors (Lipinski definition) is 6. The zero-order valence-electron chi connectivity index (χ0n) is 19.6. The van der Waals surface area contributed by atoms with Gasteiger partial charge in [0, 0.05) is 50.4 Å². The highest BCUT2D eigenvalue weighted by atomic mass is 16.5. The molecular weight excluding hydrogens is 450 g/mol. The molecule has 3 aliphatic heterocycles. The van der Waals surface area contributed by atoms with Crippen LogP contribution in [0.2, 0.25) is 0 Å². The van der Waals surface area contributed by atoms with E-state index in [-0.39, 0.29) is 17.9 Å². The van der Waals surface area contributed by atoms with E-state index in [0.717, 1.165) is 36.6 Å². The molecule has 0 saturated carbocycles. The van der Waals surface area contributed by atoms with Gasteiger partial charge >= 0.3 is 6.03 Å². The van der Waals surface area contributed by atoms with Crippen LogP contribution < -0.4 is 25.8 Å². The maximum absolute atomic E-state index is 12.8. The number of carbonyl (C=O) groups excluding carboxylic acids is 3.